The number of allylic oxidation sites excluding steroid dienone is 2. The Balaban J connectivity index is 1.70. The first-order chi connectivity index (χ1) is 9.71. The van der Waals surface area contributed by atoms with Gasteiger partial charge < -0.3 is 0 Å². The van der Waals surface area contributed by atoms with Gasteiger partial charge in [-0.25, -0.2) is 0 Å². The predicted molar refractivity (Wildman–Crippen MR) is 80.7 cm³/mol. The van der Waals surface area contributed by atoms with Crippen molar-refractivity contribution in [3.8, 4) is 0 Å². The maximum Gasteiger partial charge on any atom is 0.144 e. The molecule has 4 rings (SSSR count). The van der Waals surface area contributed by atoms with Gasteiger partial charge in [-0.15, -0.1) is 0 Å². The van der Waals surface area contributed by atoms with Gasteiger partial charge in [0.25, 0.3) is 0 Å². The molecule has 20 heavy (non-hydrogen) atoms. The second-order valence-corrected chi connectivity index (χ2v) is 6.96. The Hall–Kier alpha value is -1.37. The lowest BCUT2D eigenvalue weighted by atomic mass is 9.63. The average Bonchev–Trinajstić information content (AvgIpc) is 3.02. The topological polar surface area (TPSA) is 17.1 Å². The molecule has 3 aliphatic rings. The van der Waals surface area contributed by atoms with Crippen LogP contribution in [0.2, 0.25) is 0 Å². The van der Waals surface area contributed by atoms with Gasteiger partial charge in [-0.3, -0.25) is 4.79 Å². The third-order valence-corrected chi connectivity index (χ3v) is 5.75. The predicted octanol–water partition coefficient (Wildman–Crippen LogP) is 4.03. The van der Waals surface area contributed by atoms with E-state index in [4.69, 9.17) is 0 Å². The van der Waals surface area contributed by atoms with E-state index in [2.05, 4.69) is 31.2 Å². The Bertz CT molecular complexity index is 610. The zero-order chi connectivity index (χ0) is 13.7. The van der Waals surface area contributed by atoms with E-state index >= 15 is 0 Å². The molecule has 3 aliphatic carbocycles. The van der Waals surface area contributed by atoms with Gasteiger partial charge in [0, 0.05) is 11.8 Å². The SMILES string of the molecule is CCCc1ccc2c(c1)CC(=O)C1(CC3=CCC1C3)C2. The van der Waals surface area contributed by atoms with E-state index in [-0.39, 0.29) is 5.41 Å². The number of ketones is 1. The Morgan fingerprint density at radius 2 is 2.15 bits per heavy atom. The van der Waals surface area contributed by atoms with Gasteiger partial charge in [0.05, 0.1) is 0 Å². The molecule has 0 N–H and O–H groups in total. The van der Waals surface area contributed by atoms with Gasteiger partial charge >= 0.3 is 0 Å². The van der Waals surface area contributed by atoms with E-state index in [0.29, 0.717) is 18.1 Å². The monoisotopic (exact) mass is 266 g/mol. The minimum Gasteiger partial charge on any atom is -0.299 e. The van der Waals surface area contributed by atoms with E-state index in [9.17, 15) is 4.79 Å². The summed E-state index contributed by atoms with van der Waals surface area (Å²) in [5, 5.41) is 0. The van der Waals surface area contributed by atoms with Crippen LogP contribution in [0.25, 0.3) is 0 Å². The van der Waals surface area contributed by atoms with E-state index < -0.39 is 0 Å². The summed E-state index contributed by atoms with van der Waals surface area (Å²) in [5.41, 5.74) is 5.67. The molecule has 2 bridgehead atoms. The number of Topliss-reactive ketones (excluding diaryl/α,β-unsaturated/α-hetero) is 1. The van der Waals surface area contributed by atoms with Crippen LogP contribution in [0.3, 0.4) is 0 Å². The summed E-state index contributed by atoms with van der Waals surface area (Å²) in [6, 6.07) is 6.86. The number of fused-ring (bicyclic) bond motifs is 4. The zero-order valence-electron chi connectivity index (χ0n) is 12.2. The summed E-state index contributed by atoms with van der Waals surface area (Å²) >= 11 is 0. The summed E-state index contributed by atoms with van der Waals surface area (Å²) in [5.74, 6) is 1.13. The van der Waals surface area contributed by atoms with Crippen LogP contribution >= 0.6 is 0 Å². The highest BCUT2D eigenvalue weighted by molar-refractivity contribution is 5.90. The van der Waals surface area contributed by atoms with Crippen LogP contribution in [0.5, 0.6) is 0 Å². The van der Waals surface area contributed by atoms with Crippen molar-refractivity contribution in [3.63, 3.8) is 0 Å². The summed E-state index contributed by atoms with van der Waals surface area (Å²) in [7, 11) is 0. The standard InChI is InChI=1S/C19H22O/c1-2-3-13-4-6-15-12-19(18(20)10-16(15)8-13)11-14-5-7-17(19)9-14/h4-6,8,17H,2-3,7,9-12H2,1H3. The number of aryl methyl sites for hydroxylation is 1. The van der Waals surface area contributed by atoms with Crippen molar-refractivity contribution in [1.29, 1.82) is 0 Å². The van der Waals surface area contributed by atoms with Crippen LogP contribution in [-0.2, 0) is 24.1 Å². The second kappa shape index (κ2) is 4.31. The van der Waals surface area contributed by atoms with Crippen LogP contribution in [-0.4, -0.2) is 5.78 Å². The molecule has 0 amide bonds. The molecule has 1 nitrogen and oxygen atoms in total. The van der Waals surface area contributed by atoms with E-state index in [1.54, 1.807) is 5.57 Å². The molecule has 0 aliphatic heterocycles. The van der Waals surface area contributed by atoms with Crippen LogP contribution in [0.1, 0.15) is 49.3 Å². The first kappa shape index (κ1) is 12.4. The first-order valence-electron chi connectivity index (χ1n) is 8.03. The Morgan fingerprint density at radius 1 is 1.25 bits per heavy atom. The zero-order valence-corrected chi connectivity index (χ0v) is 12.2. The maximum atomic E-state index is 12.8. The Kier molecular flexibility index (Phi) is 2.67. The van der Waals surface area contributed by atoms with Crippen LogP contribution < -0.4 is 0 Å². The van der Waals surface area contributed by atoms with Crippen molar-refractivity contribution >= 4 is 5.78 Å². The number of carbonyl (C=O) groups is 1. The molecule has 1 aromatic carbocycles. The maximum absolute atomic E-state index is 12.8. The van der Waals surface area contributed by atoms with E-state index in [0.717, 1.165) is 25.7 Å². The van der Waals surface area contributed by atoms with Crippen LogP contribution in [0.4, 0.5) is 0 Å². The summed E-state index contributed by atoms with van der Waals surface area (Å²) < 4.78 is 0. The van der Waals surface area contributed by atoms with E-state index in [1.165, 1.54) is 29.5 Å². The van der Waals surface area contributed by atoms with Crippen molar-refractivity contribution < 1.29 is 4.79 Å². The fraction of sp³-hybridized carbons (Fsp3) is 0.526. The highest BCUT2D eigenvalue weighted by Crippen LogP contribution is 2.56. The molecule has 0 saturated heterocycles. The van der Waals surface area contributed by atoms with E-state index in [1.807, 2.05) is 0 Å². The normalized spacial score (nSPS) is 30.8. The van der Waals surface area contributed by atoms with Crippen molar-refractivity contribution in [1.82, 2.24) is 0 Å². The number of rotatable bonds is 2. The molecule has 1 aromatic rings. The quantitative estimate of drug-likeness (QED) is 0.739. The second-order valence-electron chi connectivity index (χ2n) is 6.96. The minimum atomic E-state index is -0.0244. The van der Waals surface area contributed by atoms with Gasteiger partial charge in [-0.1, -0.05) is 43.2 Å². The first-order valence-corrected chi connectivity index (χ1v) is 8.03. The van der Waals surface area contributed by atoms with Crippen molar-refractivity contribution in [2.75, 3.05) is 0 Å². The van der Waals surface area contributed by atoms with Crippen molar-refractivity contribution in [3.05, 3.63) is 46.5 Å². The number of carbonyl (C=O) groups excluding carboxylic acids is 1. The number of hydrogen-bond acceptors (Lipinski definition) is 1. The highest BCUT2D eigenvalue weighted by Gasteiger charge is 2.53. The molecular formula is C19H22O. The highest BCUT2D eigenvalue weighted by atomic mass is 16.1. The third kappa shape index (κ3) is 1.65. The molecule has 104 valence electrons. The van der Waals surface area contributed by atoms with Crippen LogP contribution in [0.15, 0.2) is 29.8 Å². The number of hydrogen-bond donors (Lipinski definition) is 0. The largest absolute Gasteiger partial charge is 0.299 e. The van der Waals surface area contributed by atoms with Gasteiger partial charge in [-0.05, 0) is 54.7 Å². The lowest BCUT2D eigenvalue weighted by molar-refractivity contribution is -0.131. The summed E-state index contributed by atoms with van der Waals surface area (Å²) in [6.07, 6.45) is 9.73. The molecular weight excluding hydrogens is 244 g/mol. The van der Waals surface area contributed by atoms with Crippen LogP contribution in [0, 0.1) is 11.3 Å². The lowest BCUT2D eigenvalue weighted by Crippen LogP contribution is -2.42. The molecule has 1 fully saturated rings. The molecule has 2 unspecified atom stereocenters. The molecule has 0 heterocycles. The summed E-state index contributed by atoms with van der Waals surface area (Å²) in [6.45, 7) is 2.21. The fourth-order valence-corrected chi connectivity index (χ4v) is 4.69. The number of benzene rings is 1. The minimum absolute atomic E-state index is 0.0244. The van der Waals surface area contributed by atoms with Gasteiger partial charge in [0.2, 0.25) is 0 Å². The molecule has 0 radical (unpaired) electrons. The molecule has 1 spiro atoms. The average molecular weight is 266 g/mol. The van der Waals surface area contributed by atoms with Gasteiger partial charge in [0.1, 0.15) is 5.78 Å². The fourth-order valence-electron chi connectivity index (χ4n) is 4.69. The lowest BCUT2D eigenvalue weighted by Gasteiger charge is -2.39. The van der Waals surface area contributed by atoms with Crippen molar-refractivity contribution in [2.45, 2.75) is 51.9 Å². The Morgan fingerprint density at radius 3 is 2.85 bits per heavy atom. The van der Waals surface area contributed by atoms with Crippen molar-refractivity contribution in [2.24, 2.45) is 11.3 Å². The summed E-state index contributed by atoms with van der Waals surface area (Å²) in [4.78, 5) is 12.8. The molecule has 0 aromatic heterocycles. The third-order valence-electron chi connectivity index (χ3n) is 5.75. The molecule has 1 saturated carbocycles. The molecule has 1 heteroatoms. The van der Waals surface area contributed by atoms with Gasteiger partial charge in [0.15, 0.2) is 0 Å². The van der Waals surface area contributed by atoms with Gasteiger partial charge in [-0.2, -0.15) is 0 Å². The Labute approximate surface area is 121 Å². The molecule has 2 atom stereocenters. The smallest absolute Gasteiger partial charge is 0.144 e.